The van der Waals surface area contributed by atoms with Crippen molar-refractivity contribution in [2.24, 2.45) is 5.92 Å². The van der Waals surface area contributed by atoms with Crippen molar-refractivity contribution in [3.8, 4) is 5.75 Å². The number of rotatable bonds is 7. The maximum atomic E-state index is 11.0. The Kier molecular flexibility index (Phi) is 9.77. The highest BCUT2D eigenvalue weighted by Gasteiger charge is 2.09. The molecule has 0 fully saturated rings. The minimum atomic E-state index is -0.712. The molecule has 2 aromatic carbocycles. The molecule has 0 spiro atoms. The van der Waals surface area contributed by atoms with E-state index < -0.39 is 5.97 Å². The number of carboxylic acid groups (broad SMARTS) is 1. The Labute approximate surface area is 155 Å². The summed E-state index contributed by atoms with van der Waals surface area (Å²) in [5.41, 5.74) is 2.28. The number of ether oxygens (including phenoxy) is 1. The summed E-state index contributed by atoms with van der Waals surface area (Å²) in [6.07, 6.45) is 2.85. The van der Waals surface area contributed by atoms with E-state index in [1.807, 2.05) is 61.5 Å². The maximum Gasteiger partial charge on any atom is 0.310 e. The van der Waals surface area contributed by atoms with E-state index in [4.69, 9.17) is 9.84 Å². The molecule has 0 saturated carbocycles. The van der Waals surface area contributed by atoms with Gasteiger partial charge in [0.15, 0.2) is 0 Å². The van der Waals surface area contributed by atoms with Crippen molar-refractivity contribution in [1.82, 2.24) is 0 Å². The van der Waals surface area contributed by atoms with Crippen molar-refractivity contribution >= 4 is 11.9 Å². The quantitative estimate of drug-likeness (QED) is 0.566. The molecule has 0 heterocycles. The Balaban J connectivity index is 0.000000260. The van der Waals surface area contributed by atoms with Crippen molar-refractivity contribution < 1.29 is 19.4 Å². The monoisotopic (exact) mass is 356 g/mol. The van der Waals surface area contributed by atoms with E-state index in [0.29, 0.717) is 18.6 Å². The van der Waals surface area contributed by atoms with Crippen LogP contribution in [0.25, 0.3) is 0 Å². The third-order valence-electron chi connectivity index (χ3n) is 4.00. The summed E-state index contributed by atoms with van der Waals surface area (Å²) in [5, 5.41) is 8.66. The van der Waals surface area contributed by atoms with Gasteiger partial charge in [-0.2, -0.15) is 0 Å². The summed E-state index contributed by atoms with van der Waals surface area (Å²) < 4.78 is 5.15. The molecule has 4 nitrogen and oxygen atoms in total. The molecule has 0 aliphatic carbocycles. The topological polar surface area (TPSA) is 63.6 Å². The van der Waals surface area contributed by atoms with Gasteiger partial charge in [0.05, 0.1) is 5.92 Å². The zero-order valence-electron chi connectivity index (χ0n) is 15.8. The first-order valence-electron chi connectivity index (χ1n) is 9.03. The second-order valence-corrected chi connectivity index (χ2v) is 6.05. The van der Waals surface area contributed by atoms with E-state index in [0.717, 1.165) is 18.4 Å². The van der Waals surface area contributed by atoms with Gasteiger partial charge >= 0.3 is 11.9 Å². The number of carbonyl (C=O) groups is 2. The first-order valence-corrected chi connectivity index (χ1v) is 9.03. The van der Waals surface area contributed by atoms with Crippen LogP contribution in [0.4, 0.5) is 0 Å². The molecular weight excluding hydrogens is 328 g/mol. The van der Waals surface area contributed by atoms with Crippen LogP contribution in [0.1, 0.15) is 44.7 Å². The normalized spacial score (nSPS) is 11.0. The summed E-state index contributed by atoms with van der Waals surface area (Å²) in [6, 6.07) is 17.6. The lowest BCUT2D eigenvalue weighted by molar-refractivity contribution is -0.141. The first kappa shape index (κ1) is 21.4. The minimum absolute atomic E-state index is 0.180. The van der Waals surface area contributed by atoms with Crippen LogP contribution in [0.5, 0.6) is 5.75 Å². The van der Waals surface area contributed by atoms with Crippen LogP contribution in [0.15, 0.2) is 54.6 Å². The van der Waals surface area contributed by atoms with Gasteiger partial charge < -0.3 is 9.84 Å². The van der Waals surface area contributed by atoms with Gasteiger partial charge in [0, 0.05) is 6.42 Å². The maximum absolute atomic E-state index is 11.0. The molecule has 0 bridgehead atoms. The van der Waals surface area contributed by atoms with Crippen molar-refractivity contribution in [1.29, 1.82) is 0 Å². The molecule has 1 unspecified atom stereocenters. The number of hydrogen-bond acceptors (Lipinski definition) is 3. The number of carboxylic acids is 1. The average Bonchev–Trinajstić information content (AvgIpc) is 2.67. The fraction of sp³-hybridized carbons (Fsp3) is 0.364. The Morgan fingerprint density at radius 3 is 2.19 bits per heavy atom. The molecule has 1 atom stereocenters. The first-order chi connectivity index (χ1) is 12.5. The van der Waals surface area contributed by atoms with Crippen LogP contribution in [-0.2, 0) is 22.4 Å². The second-order valence-electron chi connectivity index (χ2n) is 6.05. The van der Waals surface area contributed by atoms with E-state index in [1.54, 1.807) is 13.8 Å². The minimum Gasteiger partial charge on any atom is -0.481 e. The van der Waals surface area contributed by atoms with Crippen molar-refractivity contribution in [3.63, 3.8) is 0 Å². The highest BCUT2D eigenvalue weighted by Crippen LogP contribution is 2.18. The standard InChI is InChI=1S/2C11H14O2/c1-9(11(12)13)7-8-10-5-3-2-4-6-10;1-3-9-7-5-6-8-10(9)13-11(12)4-2/h2-6,9H,7-8H2,1H3,(H,12,13);5-8H,3-4H2,1-2H3. The molecule has 2 aromatic rings. The molecular formula is C22H28O4. The summed E-state index contributed by atoms with van der Waals surface area (Å²) >= 11 is 0. The fourth-order valence-electron chi connectivity index (χ4n) is 2.24. The number of aliphatic carboxylic acids is 1. The molecule has 2 rings (SSSR count). The zero-order chi connectivity index (χ0) is 19.4. The summed E-state index contributed by atoms with van der Waals surface area (Å²) in [4.78, 5) is 21.5. The predicted octanol–water partition coefficient (Wildman–Crippen LogP) is 4.90. The summed E-state index contributed by atoms with van der Waals surface area (Å²) in [7, 11) is 0. The lowest BCUT2D eigenvalue weighted by Gasteiger charge is -2.06. The number of para-hydroxylation sites is 1. The van der Waals surface area contributed by atoms with Crippen LogP contribution in [-0.4, -0.2) is 17.0 Å². The lowest BCUT2D eigenvalue weighted by Crippen LogP contribution is -2.10. The van der Waals surface area contributed by atoms with Gasteiger partial charge in [-0.05, 0) is 36.5 Å². The Bertz CT molecular complexity index is 680. The van der Waals surface area contributed by atoms with E-state index in [-0.39, 0.29) is 11.9 Å². The number of carbonyl (C=O) groups excluding carboxylic acids is 1. The van der Waals surface area contributed by atoms with Gasteiger partial charge in [-0.3, -0.25) is 9.59 Å². The van der Waals surface area contributed by atoms with Crippen LogP contribution in [0.2, 0.25) is 0 Å². The third kappa shape index (κ3) is 7.97. The van der Waals surface area contributed by atoms with Gasteiger partial charge in [0.25, 0.3) is 0 Å². The van der Waals surface area contributed by atoms with Gasteiger partial charge in [-0.15, -0.1) is 0 Å². The van der Waals surface area contributed by atoms with Crippen molar-refractivity contribution in [2.45, 2.75) is 46.5 Å². The van der Waals surface area contributed by atoms with E-state index in [1.165, 1.54) is 5.56 Å². The zero-order valence-corrected chi connectivity index (χ0v) is 15.8. The number of hydrogen-bond donors (Lipinski definition) is 1. The highest BCUT2D eigenvalue weighted by molar-refractivity contribution is 5.72. The number of aryl methyl sites for hydroxylation is 2. The van der Waals surface area contributed by atoms with Crippen molar-refractivity contribution in [2.75, 3.05) is 0 Å². The van der Waals surface area contributed by atoms with Gasteiger partial charge in [0.2, 0.25) is 0 Å². The van der Waals surface area contributed by atoms with Gasteiger partial charge in [0.1, 0.15) is 5.75 Å². The number of esters is 1. The molecule has 0 aromatic heterocycles. The van der Waals surface area contributed by atoms with Crippen LogP contribution in [0.3, 0.4) is 0 Å². The molecule has 0 saturated heterocycles. The smallest absolute Gasteiger partial charge is 0.310 e. The number of benzene rings is 2. The van der Waals surface area contributed by atoms with Crippen LogP contribution in [0, 0.1) is 5.92 Å². The molecule has 4 heteroatoms. The summed E-state index contributed by atoms with van der Waals surface area (Å²) in [5.74, 6) is -0.450. The molecule has 0 radical (unpaired) electrons. The largest absolute Gasteiger partial charge is 0.481 e. The molecule has 0 amide bonds. The lowest BCUT2D eigenvalue weighted by atomic mass is 10.0. The Morgan fingerprint density at radius 2 is 1.62 bits per heavy atom. The molecule has 1 N–H and O–H groups in total. The predicted molar refractivity (Wildman–Crippen MR) is 103 cm³/mol. The van der Waals surface area contributed by atoms with Crippen LogP contribution < -0.4 is 4.74 Å². The Hall–Kier alpha value is -2.62. The van der Waals surface area contributed by atoms with E-state index in [9.17, 15) is 9.59 Å². The van der Waals surface area contributed by atoms with Gasteiger partial charge in [-0.25, -0.2) is 0 Å². The third-order valence-corrected chi connectivity index (χ3v) is 4.00. The average molecular weight is 356 g/mol. The fourth-order valence-corrected chi connectivity index (χ4v) is 2.24. The summed E-state index contributed by atoms with van der Waals surface area (Å²) in [6.45, 7) is 5.57. The van der Waals surface area contributed by atoms with Crippen molar-refractivity contribution in [3.05, 3.63) is 65.7 Å². The van der Waals surface area contributed by atoms with E-state index in [2.05, 4.69) is 0 Å². The Morgan fingerprint density at radius 1 is 1.00 bits per heavy atom. The molecule has 26 heavy (non-hydrogen) atoms. The molecule has 0 aliphatic rings. The second kappa shape index (κ2) is 11.9. The molecule has 0 aliphatic heterocycles. The van der Waals surface area contributed by atoms with Crippen LogP contribution >= 0.6 is 0 Å². The SMILES string of the molecule is CC(CCc1ccccc1)C(=O)O.CCC(=O)Oc1ccccc1CC. The van der Waals surface area contributed by atoms with E-state index >= 15 is 0 Å². The van der Waals surface area contributed by atoms with Gasteiger partial charge in [-0.1, -0.05) is 69.3 Å². The molecule has 140 valence electrons. The highest BCUT2D eigenvalue weighted by atomic mass is 16.5.